The van der Waals surface area contributed by atoms with Gasteiger partial charge < -0.3 is 10.1 Å². The maximum atomic E-state index is 11.7. The molecule has 21 heavy (non-hydrogen) atoms. The van der Waals surface area contributed by atoms with Crippen LogP contribution in [0.1, 0.15) is 13.8 Å². The Morgan fingerprint density at radius 2 is 2.10 bits per heavy atom. The molecule has 1 amide bonds. The molecule has 0 unspecified atom stereocenters. The highest BCUT2D eigenvalue weighted by molar-refractivity contribution is 5.94. The van der Waals surface area contributed by atoms with Gasteiger partial charge in [-0.3, -0.25) is 4.79 Å². The number of ether oxygens (including phenoxy) is 1. The van der Waals surface area contributed by atoms with E-state index >= 15 is 0 Å². The van der Waals surface area contributed by atoms with E-state index in [1.54, 1.807) is 19.9 Å². The smallest absolute Gasteiger partial charge is 0.228 e. The van der Waals surface area contributed by atoms with Crippen LogP contribution in [0.25, 0.3) is 11.3 Å². The molecule has 1 aromatic heterocycles. The lowest BCUT2D eigenvalue weighted by Crippen LogP contribution is -2.18. The number of benzene rings is 1. The minimum atomic E-state index is -0.149. The number of anilines is 1. The average Bonchev–Trinajstić information content (AvgIpc) is 2.93. The summed E-state index contributed by atoms with van der Waals surface area (Å²) >= 11 is 0. The van der Waals surface area contributed by atoms with Crippen LogP contribution in [0.3, 0.4) is 0 Å². The van der Waals surface area contributed by atoms with Crippen molar-refractivity contribution in [3.63, 3.8) is 0 Å². The van der Waals surface area contributed by atoms with Crippen molar-refractivity contribution in [3.8, 4) is 17.0 Å². The second-order valence-corrected chi connectivity index (χ2v) is 4.73. The molecule has 0 aliphatic heterocycles. The minimum Gasteiger partial charge on any atom is -0.490 e. The number of amides is 1. The van der Waals surface area contributed by atoms with Crippen molar-refractivity contribution in [3.05, 3.63) is 36.9 Å². The molecule has 0 radical (unpaired) electrons. The summed E-state index contributed by atoms with van der Waals surface area (Å²) in [6, 6.07) is 7.26. The molecule has 110 valence electrons. The molecule has 0 bridgehead atoms. The number of nitrogens with zero attached hydrogens (tertiary/aromatic N) is 2. The summed E-state index contributed by atoms with van der Waals surface area (Å²) in [7, 11) is 0. The van der Waals surface area contributed by atoms with Gasteiger partial charge >= 0.3 is 0 Å². The van der Waals surface area contributed by atoms with Gasteiger partial charge in [0.05, 0.1) is 0 Å². The van der Waals surface area contributed by atoms with Crippen molar-refractivity contribution in [2.45, 2.75) is 13.8 Å². The highest BCUT2D eigenvalue weighted by Crippen LogP contribution is 2.26. The molecule has 6 nitrogen and oxygen atoms in total. The Labute approximate surface area is 122 Å². The van der Waals surface area contributed by atoms with Gasteiger partial charge in [0.2, 0.25) is 11.7 Å². The van der Waals surface area contributed by atoms with Gasteiger partial charge in [0.25, 0.3) is 0 Å². The van der Waals surface area contributed by atoms with Crippen LogP contribution < -0.4 is 10.1 Å². The third-order valence-corrected chi connectivity index (χ3v) is 2.75. The van der Waals surface area contributed by atoms with Gasteiger partial charge in [-0.2, -0.15) is 0 Å². The lowest BCUT2D eigenvalue weighted by Gasteiger charge is -2.06. The van der Waals surface area contributed by atoms with Crippen LogP contribution in [0.5, 0.6) is 5.75 Å². The lowest BCUT2D eigenvalue weighted by atomic mass is 10.1. The van der Waals surface area contributed by atoms with Crippen LogP contribution in [-0.4, -0.2) is 22.8 Å². The van der Waals surface area contributed by atoms with Gasteiger partial charge in [-0.05, 0) is 34.6 Å². The summed E-state index contributed by atoms with van der Waals surface area (Å²) < 4.78 is 10.1. The molecule has 0 atom stereocenters. The number of nitrogens with one attached hydrogen (secondary N) is 1. The van der Waals surface area contributed by atoms with E-state index in [1.807, 2.05) is 24.3 Å². The van der Waals surface area contributed by atoms with E-state index < -0.39 is 0 Å². The predicted molar refractivity (Wildman–Crippen MR) is 78.9 cm³/mol. The van der Waals surface area contributed by atoms with Crippen molar-refractivity contribution in [2.75, 3.05) is 11.9 Å². The normalized spacial score (nSPS) is 10.4. The number of carbonyl (C=O) groups is 1. The summed E-state index contributed by atoms with van der Waals surface area (Å²) in [5.41, 5.74) is 1.26. The zero-order valence-corrected chi connectivity index (χ0v) is 12.0. The van der Waals surface area contributed by atoms with E-state index in [-0.39, 0.29) is 11.8 Å². The first-order chi connectivity index (χ1) is 10.1. The van der Waals surface area contributed by atoms with E-state index in [2.05, 4.69) is 22.2 Å². The first-order valence-electron chi connectivity index (χ1n) is 6.59. The van der Waals surface area contributed by atoms with E-state index in [0.717, 1.165) is 11.3 Å². The van der Waals surface area contributed by atoms with Crippen LogP contribution >= 0.6 is 0 Å². The lowest BCUT2D eigenvalue weighted by molar-refractivity contribution is -0.118. The van der Waals surface area contributed by atoms with Crippen LogP contribution in [0.2, 0.25) is 0 Å². The van der Waals surface area contributed by atoms with Gasteiger partial charge in [0, 0.05) is 11.5 Å². The van der Waals surface area contributed by atoms with Crippen molar-refractivity contribution >= 4 is 11.7 Å². The molecular formula is C15H17N3O3. The Morgan fingerprint density at radius 1 is 1.38 bits per heavy atom. The van der Waals surface area contributed by atoms with Gasteiger partial charge in [-0.15, -0.1) is 0 Å². The van der Waals surface area contributed by atoms with Crippen molar-refractivity contribution < 1.29 is 14.2 Å². The fraction of sp³-hybridized carbons (Fsp3) is 0.267. The molecule has 2 rings (SSSR count). The van der Waals surface area contributed by atoms with Crippen molar-refractivity contribution in [2.24, 2.45) is 5.92 Å². The molecule has 1 N–H and O–H groups in total. The Balaban J connectivity index is 2.17. The molecule has 0 saturated carbocycles. The molecule has 0 fully saturated rings. The van der Waals surface area contributed by atoms with E-state index in [1.165, 1.54) is 0 Å². The number of aromatic nitrogens is 2. The van der Waals surface area contributed by atoms with E-state index in [4.69, 9.17) is 9.37 Å². The zero-order chi connectivity index (χ0) is 15.2. The highest BCUT2D eigenvalue weighted by atomic mass is 16.6. The summed E-state index contributed by atoms with van der Waals surface area (Å²) in [6.45, 7) is 7.64. The third-order valence-electron chi connectivity index (χ3n) is 2.75. The molecule has 0 aliphatic carbocycles. The monoisotopic (exact) mass is 287 g/mol. The molecule has 2 aromatic rings. The van der Waals surface area contributed by atoms with Crippen LogP contribution in [-0.2, 0) is 4.79 Å². The largest absolute Gasteiger partial charge is 0.490 e. The van der Waals surface area contributed by atoms with Gasteiger partial charge in [-0.25, -0.2) is 4.63 Å². The molecule has 0 aliphatic rings. The maximum Gasteiger partial charge on any atom is 0.228 e. The van der Waals surface area contributed by atoms with Gasteiger partial charge in [0.15, 0.2) is 5.69 Å². The predicted octanol–water partition coefficient (Wildman–Crippen LogP) is 2.90. The number of carbonyl (C=O) groups excluding carboxylic acids is 1. The molecule has 1 aromatic carbocycles. The Hall–Kier alpha value is -2.63. The zero-order valence-electron chi connectivity index (χ0n) is 12.0. The average molecular weight is 287 g/mol. The highest BCUT2D eigenvalue weighted by Gasteiger charge is 2.16. The van der Waals surface area contributed by atoms with Crippen molar-refractivity contribution in [1.82, 2.24) is 10.3 Å². The SMILES string of the molecule is C=CCOc1ccc(-c2nonc2NC(=O)C(C)C)cc1. The van der Waals surface area contributed by atoms with Crippen LogP contribution in [0, 0.1) is 5.92 Å². The topological polar surface area (TPSA) is 77.2 Å². The van der Waals surface area contributed by atoms with Gasteiger partial charge in [0.1, 0.15) is 12.4 Å². The Morgan fingerprint density at radius 3 is 2.71 bits per heavy atom. The fourth-order valence-electron chi connectivity index (χ4n) is 1.59. The molecular weight excluding hydrogens is 270 g/mol. The third kappa shape index (κ3) is 3.68. The van der Waals surface area contributed by atoms with Gasteiger partial charge in [-0.1, -0.05) is 26.5 Å². The number of rotatable bonds is 6. The molecule has 1 heterocycles. The van der Waals surface area contributed by atoms with Crippen LogP contribution in [0.4, 0.5) is 5.82 Å². The Kier molecular flexibility index (Phi) is 4.71. The van der Waals surface area contributed by atoms with Crippen molar-refractivity contribution in [1.29, 1.82) is 0 Å². The summed E-state index contributed by atoms with van der Waals surface area (Å²) in [6.07, 6.45) is 1.68. The maximum absolute atomic E-state index is 11.7. The second kappa shape index (κ2) is 6.69. The quantitative estimate of drug-likeness (QED) is 0.827. The van der Waals surface area contributed by atoms with E-state index in [9.17, 15) is 4.79 Å². The minimum absolute atomic E-state index is 0.141. The molecule has 0 spiro atoms. The standard InChI is InChI=1S/C15H17N3O3/c1-4-9-20-12-7-5-11(6-8-12)13-14(18-21-17-13)16-15(19)10(2)3/h4-8,10H,1,9H2,2-3H3,(H,16,18,19). The van der Waals surface area contributed by atoms with E-state index in [0.29, 0.717) is 18.1 Å². The Bertz CT molecular complexity index is 617. The summed E-state index contributed by atoms with van der Waals surface area (Å²) in [5.74, 6) is 0.749. The first kappa shape index (κ1) is 14.8. The fourth-order valence-corrected chi connectivity index (χ4v) is 1.59. The second-order valence-electron chi connectivity index (χ2n) is 4.73. The number of hydrogen-bond donors (Lipinski definition) is 1. The number of hydrogen-bond acceptors (Lipinski definition) is 5. The van der Waals surface area contributed by atoms with Crippen LogP contribution in [0.15, 0.2) is 41.5 Å². The molecule has 6 heteroatoms. The summed E-state index contributed by atoms with van der Waals surface area (Å²) in [5, 5.41) is 10.2. The molecule has 0 saturated heterocycles. The summed E-state index contributed by atoms with van der Waals surface area (Å²) in [4.78, 5) is 11.7. The first-order valence-corrected chi connectivity index (χ1v) is 6.59.